The Bertz CT molecular complexity index is 311. The first-order valence-electron chi connectivity index (χ1n) is 5.55. The van der Waals surface area contributed by atoms with Crippen LogP contribution in [0.25, 0.3) is 0 Å². The van der Waals surface area contributed by atoms with Crippen molar-refractivity contribution in [2.75, 3.05) is 13.1 Å². The topological polar surface area (TPSA) is 54.0 Å². The summed E-state index contributed by atoms with van der Waals surface area (Å²) in [4.78, 5) is 15.3. The molecule has 1 rings (SSSR count). The second-order valence-electron chi connectivity index (χ2n) is 4.16. The summed E-state index contributed by atoms with van der Waals surface area (Å²) in [6.07, 6.45) is 3.44. The zero-order chi connectivity index (χ0) is 11.8. The zero-order valence-corrected chi connectivity index (χ0v) is 9.86. The van der Waals surface area contributed by atoms with Gasteiger partial charge in [-0.3, -0.25) is 9.78 Å². The largest absolute Gasteiger partial charge is 0.351 e. The highest BCUT2D eigenvalue weighted by molar-refractivity contribution is 5.77. The van der Waals surface area contributed by atoms with Gasteiger partial charge in [0.25, 0.3) is 0 Å². The molecule has 0 saturated carbocycles. The molecule has 0 saturated heterocycles. The molecule has 88 valence electrons. The van der Waals surface area contributed by atoms with E-state index in [1.807, 2.05) is 12.1 Å². The maximum absolute atomic E-state index is 11.4. The van der Waals surface area contributed by atoms with Gasteiger partial charge >= 0.3 is 0 Å². The summed E-state index contributed by atoms with van der Waals surface area (Å²) in [6.45, 7) is 6.03. The molecule has 0 aliphatic carbocycles. The fourth-order valence-corrected chi connectivity index (χ4v) is 1.24. The van der Waals surface area contributed by atoms with Crippen molar-refractivity contribution < 1.29 is 4.79 Å². The van der Waals surface area contributed by atoms with Crippen LogP contribution in [0.2, 0.25) is 0 Å². The summed E-state index contributed by atoms with van der Waals surface area (Å²) in [5.74, 6) is 0.588. The summed E-state index contributed by atoms with van der Waals surface area (Å²) in [5.41, 5.74) is 1.06. The van der Waals surface area contributed by atoms with E-state index in [4.69, 9.17) is 0 Å². The average molecular weight is 221 g/mol. The van der Waals surface area contributed by atoms with Gasteiger partial charge in [0.1, 0.15) is 0 Å². The van der Waals surface area contributed by atoms with Gasteiger partial charge in [-0.15, -0.1) is 0 Å². The van der Waals surface area contributed by atoms with Gasteiger partial charge in [-0.1, -0.05) is 13.8 Å². The third-order valence-corrected chi connectivity index (χ3v) is 2.08. The van der Waals surface area contributed by atoms with Crippen LogP contribution in [-0.2, 0) is 11.3 Å². The van der Waals surface area contributed by atoms with Crippen LogP contribution in [0.3, 0.4) is 0 Å². The third kappa shape index (κ3) is 5.46. The van der Waals surface area contributed by atoms with Crippen molar-refractivity contribution in [2.45, 2.75) is 20.4 Å². The normalized spacial score (nSPS) is 10.4. The Hall–Kier alpha value is -1.42. The Morgan fingerprint density at radius 2 is 2.06 bits per heavy atom. The van der Waals surface area contributed by atoms with Crippen molar-refractivity contribution in [3.63, 3.8) is 0 Å². The SMILES string of the molecule is CC(C)CNCC(=O)NCc1ccncc1. The molecule has 1 amide bonds. The number of pyridine rings is 1. The number of carbonyl (C=O) groups is 1. The van der Waals surface area contributed by atoms with Gasteiger partial charge in [0, 0.05) is 18.9 Å². The van der Waals surface area contributed by atoms with Crippen LogP contribution in [0.15, 0.2) is 24.5 Å². The van der Waals surface area contributed by atoms with Crippen LogP contribution < -0.4 is 10.6 Å². The van der Waals surface area contributed by atoms with Crippen molar-refractivity contribution in [2.24, 2.45) is 5.92 Å². The molecule has 1 heterocycles. The molecule has 4 nitrogen and oxygen atoms in total. The number of hydrogen-bond donors (Lipinski definition) is 2. The summed E-state index contributed by atoms with van der Waals surface area (Å²) < 4.78 is 0. The Balaban J connectivity index is 2.16. The summed E-state index contributed by atoms with van der Waals surface area (Å²) >= 11 is 0. The van der Waals surface area contributed by atoms with E-state index in [0.29, 0.717) is 19.0 Å². The van der Waals surface area contributed by atoms with Crippen LogP contribution in [0.1, 0.15) is 19.4 Å². The monoisotopic (exact) mass is 221 g/mol. The van der Waals surface area contributed by atoms with Crippen LogP contribution in [0.5, 0.6) is 0 Å². The van der Waals surface area contributed by atoms with E-state index in [-0.39, 0.29) is 5.91 Å². The first-order chi connectivity index (χ1) is 7.68. The van der Waals surface area contributed by atoms with Crippen molar-refractivity contribution >= 4 is 5.91 Å². The van der Waals surface area contributed by atoms with Crippen molar-refractivity contribution in [3.8, 4) is 0 Å². The lowest BCUT2D eigenvalue weighted by Crippen LogP contribution is -2.34. The molecule has 0 radical (unpaired) electrons. The van der Waals surface area contributed by atoms with E-state index in [2.05, 4.69) is 29.5 Å². The number of aromatic nitrogens is 1. The Labute approximate surface area is 96.5 Å². The number of rotatable bonds is 6. The molecule has 0 bridgehead atoms. The number of hydrogen-bond acceptors (Lipinski definition) is 3. The smallest absolute Gasteiger partial charge is 0.234 e. The van der Waals surface area contributed by atoms with Gasteiger partial charge in [-0.05, 0) is 30.2 Å². The van der Waals surface area contributed by atoms with Gasteiger partial charge in [0.2, 0.25) is 5.91 Å². The Morgan fingerprint density at radius 1 is 1.38 bits per heavy atom. The molecule has 1 aromatic heterocycles. The molecule has 0 unspecified atom stereocenters. The molecule has 16 heavy (non-hydrogen) atoms. The Morgan fingerprint density at radius 3 is 2.69 bits per heavy atom. The maximum atomic E-state index is 11.4. The predicted molar refractivity (Wildman–Crippen MR) is 63.8 cm³/mol. The molecule has 0 fully saturated rings. The fourth-order valence-electron chi connectivity index (χ4n) is 1.24. The molecule has 0 aliphatic heterocycles. The molecule has 0 atom stereocenters. The minimum absolute atomic E-state index is 0.0254. The molecule has 0 spiro atoms. The highest BCUT2D eigenvalue weighted by Crippen LogP contribution is 1.94. The standard InChI is InChI=1S/C12H19N3O/c1-10(2)7-14-9-12(16)15-8-11-3-5-13-6-4-11/h3-6,10,14H,7-9H2,1-2H3,(H,15,16). The van der Waals surface area contributed by atoms with Gasteiger partial charge in [0.05, 0.1) is 6.54 Å². The maximum Gasteiger partial charge on any atom is 0.234 e. The van der Waals surface area contributed by atoms with Gasteiger partial charge in [-0.2, -0.15) is 0 Å². The summed E-state index contributed by atoms with van der Waals surface area (Å²) in [6, 6.07) is 3.78. The second-order valence-corrected chi connectivity index (χ2v) is 4.16. The molecular weight excluding hydrogens is 202 g/mol. The first kappa shape index (κ1) is 12.6. The van der Waals surface area contributed by atoms with Crippen LogP contribution in [0, 0.1) is 5.92 Å². The van der Waals surface area contributed by atoms with Crippen LogP contribution in [0.4, 0.5) is 0 Å². The summed E-state index contributed by atoms with van der Waals surface area (Å²) in [5, 5.41) is 5.94. The van der Waals surface area contributed by atoms with Gasteiger partial charge in [0.15, 0.2) is 0 Å². The predicted octanol–water partition coefficient (Wildman–Crippen LogP) is 0.943. The molecule has 0 aromatic carbocycles. The number of carbonyl (C=O) groups excluding carboxylic acids is 1. The molecular formula is C12H19N3O. The first-order valence-corrected chi connectivity index (χ1v) is 5.55. The van der Waals surface area contributed by atoms with E-state index in [1.165, 1.54) is 0 Å². The van der Waals surface area contributed by atoms with Crippen molar-refractivity contribution in [3.05, 3.63) is 30.1 Å². The number of nitrogens with one attached hydrogen (secondary N) is 2. The minimum atomic E-state index is 0.0254. The summed E-state index contributed by atoms with van der Waals surface area (Å²) in [7, 11) is 0. The third-order valence-electron chi connectivity index (χ3n) is 2.08. The van der Waals surface area contributed by atoms with Crippen molar-refractivity contribution in [1.82, 2.24) is 15.6 Å². The van der Waals surface area contributed by atoms with Gasteiger partial charge in [-0.25, -0.2) is 0 Å². The van der Waals surface area contributed by atoms with Crippen LogP contribution >= 0.6 is 0 Å². The van der Waals surface area contributed by atoms with Crippen molar-refractivity contribution in [1.29, 1.82) is 0 Å². The van der Waals surface area contributed by atoms with E-state index in [9.17, 15) is 4.79 Å². The lowest BCUT2D eigenvalue weighted by Gasteiger charge is -2.08. The zero-order valence-electron chi connectivity index (χ0n) is 9.86. The van der Waals surface area contributed by atoms with Crippen LogP contribution in [-0.4, -0.2) is 24.0 Å². The Kier molecular flexibility index (Phi) is 5.50. The molecule has 0 aliphatic rings. The lowest BCUT2D eigenvalue weighted by molar-refractivity contribution is -0.120. The fraction of sp³-hybridized carbons (Fsp3) is 0.500. The van der Waals surface area contributed by atoms with E-state index in [1.54, 1.807) is 12.4 Å². The molecule has 2 N–H and O–H groups in total. The average Bonchev–Trinajstić information content (AvgIpc) is 2.27. The highest BCUT2D eigenvalue weighted by Gasteiger charge is 2.01. The molecule has 1 aromatic rings. The second kappa shape index (κ2) is 6.95. The number of nitrogens with zero attached hydrogens (tertiary/aromatic N) is 1. The van der Waals surface area contributed by atoms with E-state index >= 15 is 0 Å². The van der Waals surface area contributed by atoms with Gasteiger partial charge < -0.3 is 10.6 Å². The van der Waals surface area contributed by atoms with E-state index < -0.39 is 0 Å². The lowest BCUT2D eigenvalue weighted by atomic mass is 10.2. The number of amides is 1. The highest BCUT2D eigenvalue weighted by atomic mass is 16.1. The quantitative estimate of drug-likeness (QED) is 0.752. The molecule has 4 heteroatoms. The minimum Gasteiger partial charge on any atom is -0.351 e. The van der Waals surface area contributed by atoms with E-state index in [0.717, 1.165) is 12.1 Å².